The van der Waals surface area contributed by atoms with Crippen molar-refractivity contribution in [3.05, 3.63) is 47.5 Å². The molecule has 0 aliphatic carbocycles. The number of alkyl halides is 3. The summed E-state index contributed by atoms with van der Waals surface area (Å²) < 4.78 is 43.3. The van der Waals surface area contributed by atoms with Crippen LogP contribution in [-0.2, 0) is 6.54 Å². The third-order valence-corrected chi connectivity index (χ3v) is 2.75. The molecular formula is C13H11F3NO3+. The number of aromatic hydroxyl groups is 1. The van der Waals surface area contributed by atoms with Crippen LogP contribution < -0.4 is 4.57 Å². The average Bonchev–Trinajstić information content (AvgIpc) is 2.63. The minimum Gasteiger partial charge on any atom is -0.476 e. The lowest BCUT2D eigenvalue weighted by Gasteiger charge is -2.02. The molecule has 1 aromatic carbocycles. The van der Waals surface area contributed by atoms with Crippen LogP contribution in [0.15, 0.2) is 34.7 Å². The first-order valence-corrected chi connectivity index (χ1v) is 5.68. The van der Waals surface area contributed by atoms with Gasteiger partial charge in [0, 0.05) is 5.56 Å². The maximum Gasteiger partial charge on any atom is 0.461 e. The summed E-state index contributed by atoms with van der Waals surface area (Å²) in [4.78, 5) is 11.3. The summed E-state index contributed by atoms with van der Waals surface area (Å²) in [5.41, 5.74) is -0.212. The van der Waals surface area contributed by atoms with E-state index in [2.05, 4.69) is 0 Å². The number of rotatable bonds is 3. The molecule has 2 rings (SSSR count). The molecule has 0 spiro atoms. The van der Waals surface area contributed by atoms with Gasteiger partial charge in [0.1, 0.15) is 0 Å². The number of aromatic nitrogens is 1. The molecule has 0 saturated carbocycles. The fourth-order valence-electron chi connectivity index (χ4n) is 1.83. The maximum absolute atomic E-state index is 12.5. The highest BCUT2D eigenvalue weighted by molar-refractivity contribution is 5.98. The fourth-order valence-corrected chi connectivity index (χ4v) is 1.83. The van der Waals surface area contributed by atoms with E-state index in [0.29, 0.717) is 5.56 Å². The monoisotopic (exact) mass is 286 g/mol. The van der Waals surface area contributed by atoms with Crippen LogP contribution in [0.5, 0.6) is 5.95 Å². The normalized spacial score (nSPS) is 11.6. The van der Waals surface area contributed by atoms with E-state index in [-0.39, 0.29) is 12.4 Å². The Morgan fingerprint density at radius 1 is 1.30 bits per heavy atom. The number of Topliss-reactive ketones (excluding diaryl/α,β-unsaturated/α-hetero) is 1. The Bertz CT molecular complexity index is 632. The number of hydrogen-bond acceptors (Lipinski definition) is 3. The first-order chi connectivity index (χ1) is 9.30. The van der Waals surface area contributed by atoms with E-state index in [1.54, 1.807) is 30.3 Å². The van der Waals surface area contributed by atoms with Crippen LogP contribution in [0.4, 0.5) is 13.2 Å². The number of carbonyl (C=O) groups is 1. The van der Waals surface area contributed by atoms with Gasteiger partial charge in [0.05, 0.1) is 6.92 Å². The molecule has 0 fully saturated rings. The Kier molecular flexibility index (Phi) is 3.52. The molecule has 1 aromatic heterocycles. The predicted molar refractivity (Wildman–Crippen MR) is 61.2 cm³/mol. The summed E-state index contributed by atoms with van der Waals surface area (Å²) in [6, 6.07) is 8.58. The number of aryl methyl sites for hydroxylation is 1. The van der Waals surface area contributed by atoms with Gasteiger partial charge in [-0.1, -0.05) is 30.3 Å². The van der Waals surface area contributed by atoms with Gasteiger partial charge in [-0.2, -0.15) is 17.7 Å². The van der Waals surface area contributed by atoms with Crippen molar-refractivity contribution in [2.24, 2.45) is 0 Å². The third kappa shape index (κ3) is 2.66. The van der Waals surface area contributed by atoms with E-state index in [4.69, 9.17) is 4.42 Å². The standard InChI is InChI=1S/C13H10F3NO3/c1-8-17(7-9-5-3-2-4-6-9)10(12(19)20-8)11(18)13(14,15)16/h2-6H,7H2,1H3/p+1. The molecule has 0 aliphatic rings. The summed E-state index contributed by atoms with van der Waals surface area (Å²) in [5.74, 6) is -3.15. The van der Waals surface area contributed by atoms with E-state index in [0.717, 1.165) is 4.57 Å². The molecule has 1 N–H and O–H groups in total. The predicted octanol–water partition coefficient (Wildman–Crippen LogP) is 2.37. The van der Waals surface area contributed by atoms with Gasteiger partial charge in [-0.25, -0.2) is 0 Å². The van der Waals surface area contributed by atoms with Gasteiger partial charge >= 0.3 is 29.5 Å². The maximum atomic E-state index is 12.5. The highest BCUT2D eigenvalue weighted by Gasteiger charge is 2.49. The Labute approximate surface area is 112 Å². The van der Waals surface area contributed by atoms with E-state index in [1.165, 1.54) is 6.92 Å². The van der Waals surface area contributed by atoms with E-state index in [9.17, 15) is 23.1 Å². The summed E-state index contributed by atoms with van der Waals surface area (Å²) in [7, 11) is 0. The Balaban J connectivity index is 2.46. The van der Waals surface area contributed by atoms with Crippen molar-refractivity contribution < 1.29 is 32.1 Å². The van der Waals surface area contributed by atoms with Gasteiger partial charge < -0.3 is 9.52 Å². The van der Waals surface area contributed by atoms with E-state index < -0.39 is 23.6 Å². The van der Waals surface area contributed by atoms with Gasteiger partial charge in [-0.3, -0.25) is 4.79 Å². The molecule has 1 heterocycles. The molecular weight excluding hydrogens is 275 g/mol. The lowest BCUT2D eigenvalue weighted by molar-refractivity contribution is -0.699. The summed E-state index contributed by atoms with van der Waals surface area (Å²) in [6.07, 6.45) is -5.08. The second kappa shape index (κ2) is 4.99. The van der Waals surface area contributed by atoms with Crippen LogP contribution in [-0.4, -0.2) is 17.1 Å². The van der Waals surface area contributed by atoms with Gasteiger partial charge in [-0.15, -0.1) is 0 Å². The fraction of sp³-hybridized carbons (Fsp3) is 0.231. The smallest absolute Gasteiger partial charge is 0.461 e. The SMILES string of the molecule is Cc1oc(O)c(C(=O)C(F)(F)F)[n+]1Cc1ccccc1. The van der Waals surface area contributed by atoms with Gasteiger partial charge in [-0.05, 0) is 0 Å². The van der Waals surface area contributed by atoms with Crippen molar-refractivity contribution in [3.63, 3.8) is 0 Å². The number of oxazole rings is 1. The second-order valence-corrected chi connectivity index (χ2v) is 4.17. The first-order valence-electron chi connectivity index (χ1n) is 5.68. The number of carbonyl (C=O) groups excluding carboxylic acids is 1. The molecule has 0 bridgehead atoms. The molecule has 0 unspecified atom stereocenters. The van der Waals surface area contributed by atoms with Crippen LogP contribution in [0.3, 0.4) is 0 Å². The zero-order valence-corrected chi connectivity index (χ0v) is 10.4. The molecule has 0 amide bonds. The van der Waals surface area contributed by atoms with Crippen molar-refractivity contribution in [3.8, 4) is 5.95 Å². The van der Waals surface area contributed by atoms with Crippen molar-refractivity contribution >= 4 is 5.78 Å². The number of hydrogen-bond donors (Lipinski definition) is 1. The summed E-state index contributed by atoms with van der Waals surface area (Å²) >= 11 is 0. The zero-order valence-electron chi connectivity index (χ0n) is 10.4. The largest absolute Gasteiger partial charge is 0.476 e. The van der Waals surface area contributed by atoms with Crippen molar-refractivity contribution in [1.82, 2.24) is 0 Å². The van der Waals surface area contributed by atoms with Gasteiger partial charge in [0.15, 0.2) is 6.54 Å². The molecule has 20 heavy (non-hydrogen) atoms. The Hall–Kier alpha value is -2.31. The quantitative estimate of drug-likeness (QED) is 0.696. The zero-order chi connectivity index (χ0) is 14.9. The lowest BCUT2D eigenvalue weighted by Crippen LogP contribution is -2.44. The molecule has 0 radical (unpaired) electrons. The Morgan fingerprint density at radius 2 is 1.90 bits per heavy atom. The van der Waals surface area contributed by atoms with Crippen molar-refractivity contribution in [2.75, 3.05) is 0 Å². The summed E-state index contributed by atoms with van der Waals surface area (Å²) in [5, 5.41) is 9.42. The number of benzene rings is 1. The molecule has 0 saturated heterocycles. The van der Waals surface area contributed by atoms with Crippen molar-refractivity contribution in [1.29, 1.82) is 0 Å². The molecule has 0 atom stereocenters. The summed E-state index contributed by atoms with van der Waals surface area (Å²) in [6.45, 7) is 1.36. The molecule has 4 nitrogen and oxygen atoms in total. The topological polar surface area (TPSA) is 54.3 Å². The van der Waals surface area contributed by atoms with Gasteiger partial charge in [0.25, 0.3) is 0 Å². The highest BCUT2D eigenvalue weighted by Crippen LogP contribution is 2.26. The van der Waals surface area contributed by atoms with Gasteiger partial charge in [0.2, 0.25) is 0 Å². The van der Waals surface area contributed by atoms with Crippen LogP contribution in [0.2, 0.25) is 0 Å². The molecule has 2 aromatic rings. The Morgan fingerprint density at radius 3 is 2.45 bits per heavy atom. The van der Waals surface area contributed by atoms with E-state index in [1.807, 2.05) is 0 Å². The van der Waals surface area contributed by atoms with E-state index >= 15 is 0 Å². The third-order valence-electron chi connectivity index (χ3n) is 2.75. The number of nitrogens with zero attached hydrogens (tertiary/aromatic N) is 1. The van der Waals surface area contributed by atoms with Crippen molar-refractivity contribution in [2.45, 2.75) is 19.6 Å². The van der Waals surface area contributed by atoms with Crippen LogP contribution >= 0.6 is 0 Å². The van der Waals surface area contributed by atoms with Crippen LogP contribution in [0.25, 0.3) is 0 Å². The molecule has 0 aliphatic heterocycles. The van der Waals surface area contributed by atoms with Crippen LogP contribution in [0, 0.1) is 6.92 Å². The van der Waals surface area contributed by atoms with Crippen LogP contribution in [0.1, 0.15) is 21.9 Å². The number of ketones is 1. The second-order valence-electron chi connectivity index (χ2n) is 4.17. The number of halogens is 3. The molecule has 106 valence electrons. The lowest BCUT2D eigenvalue weighted by atomic mass is 10.2. The highest BCUT2D eigenvalue weighted by atomic mass is 19.4. The molecule has 7 heteroatoms. The average molecular weight is 286 g/mol. The first kappa shape index (κ1) is 14.1. The minimum atomic E-state index is -5.08. The minimum absolute atomic E-state index is 0.00606.